The van der Waals surface area contributed by atoms with Gasteiger partial charge in [-0.2, -0.15) is 0 Å². The van der Waals surface area contributed by atoms with Crippen molar-refractivity contribution in [2.24, 2.45) is 0 Å². The molecule has 1 heterocycles. The number of nitrogens with zero attached hydrogens (tertiary/aromatic N) is 1. The highest BCUT2D eigenvalue weighted by Gasteiger charge is 2.37. The second-order valence-electron chi connectivity index (χ2n) is 4.57. The molecule has 0 atom stereocenters. The third-order valence-corrected chi connectivity index (χ3v) is 3.30. The first kappa shape index (κ1) is 13.1. The van der Waals surface area contributed by atoms with Crippen LogP contribution in [0.5, 0.6) is 5.75 Å². The van der Waals surface area contributed by atoms with Crippen LogP contribution in [0.4, 0.5) is 15.8 Å². The Balaban J connectivity index is 2.07. The number of hydrogen-bond acceptors (Lipinski definition) is 4. The van der Waals surface area contributed by atoms with Gasteiger partial charge in [-0.05, 0) is 30.3 Å². The number of carbonyl (C=O) groups is 2. The van der Waals surface area contributed by atoms with Crippen molar-refractivity contribution in [3.05, 3.63) is 53.3 Å². The Morgan fingerprint density at radius 2 is 1.76 bits per heavy atom. The number of benzene rings is 2. The van der Waals surface area contributed by atoms with Gasteiger partial charge in [-0.15, -0.1) is 0 Å². The van der Waals surface area contributed by atoms with Crippen LogP contribution in [0.1, 0.15) is 20.7 Å². The van der Waals surface area contributed by atoms with Crippen LogP contribution in [0.15, 0.2) is 36.4 Å². The summed E-state index contributed by atoms with van der Waals surface area (Å²) in [5, 5.41) is 0. The van der Waals surface area contributed by atoms with Crippen LogP contribution in [0, 0.1) is 5.82 Å². The third-order valence-electron chi connectivity index (χ3n) is 3.30. The lowest BCUT2D eigenvalue weighted by molar-refractivity contribution is 0.0926. The standard InChI is InChI=1S/C15H11FN2O3/c1-21-13-5-3-9(7-12(13)16)18-14(19)10-4-2-8(17)6-11(10)15(18)20/h2-7H,17H2,1H3. The van der Waals surface area contributed by atoms with Crippen molar-refractivity contribution < 1.29 is 18.7 Å². The van der Waals surface area contributed by atoms with Crippen LogP contribution in [-0.4, -0.2) is 18.9 Å². The van der Waals surface area contributed by atoms with Gasteiger partial charge in [-0.25, -0.2) is 9.29 Å². The zero-order valence-corrected chi connectivity index (χ0v) is 11.1. The number of methoxy groups -OCH3 is 1. The molecule has 3 rings (SSSR count). The Morgan fingerprint density at radius 1 is 1.05 bits per heavy atom. The molecule has 2 aromatic rings. The maximum atomic E-state index is 13.8. The molecule has 0 fully saturated rings. The molecule has 106 valence electrons. The van der Waals surface area contributed by atoms with E-state index in [4.69, 9.17) is 10.5 Å². The van der Waals surface area contributed by atoms with Crippen LogP contribution >= 0.6 is 0 Å². The number of imide groups is 1. The van der Waals surface area contributed by atoms with Crippen molar-refractivity contribution in [1.82, 2.24) is 0 Å². The summed E-state index contributed by atoms with van der Waals surface area (Å²) >= 11 is 0. The zero-order valence-electron chi connectivity index (χ0n) is 11.1. The van der Waals surface area contributed by atoms with Crippen LogP contribution in [0.3, 0.4) is 0 Å². The maximum absolute atomic E-state index is 13.8. The van der Waals surface area contributed by atoms with E-state index in [9.17, 15) is 14.0 Å². The number of rotatable bonds is 2. The highest BCUT2D eigenvalue weighted by Crippen LogP contribution is 2.31. The molecule has 0 saturated carbocycles. The van der Waals surface area contributed by atoms with Crippen molar-refractivity contribution in [3.8, 4) is 5.75 Å². The van der Waals surface area contributed by atoms with Crippen molar-refractivity contribution in [3.63, 3.8) is 0 Å². The summed E-state index contributed by atoms with van der Waals surface area (Å²) in [6.07, 6.45) is 0. The first-order valence-corrected chi connectivity index (χ1v) is 6.15. The minimum absolute atomic E-state index is 0.0413. The highest BCUT2D eigenvalue weighted by atomic mass is 19.1. The summed E-state index contributed by atoms with van der Waals surface area (Å²) in [5.74, 6) is -1.63. The Kier molecular flexibility index (Phi) is 2.86. The van der Waals surface area contributed by atoms with Crippen molar-refractivity contribution in [1.29, 1.82) is 0 Å². The van der Waals surface area contributed by atoms with E-state index in [0.29, 0.717) is 5.69 Å². The minimum atomic E-state index is -0.647. The zero-order chi connectivity index (χ0) is 15.1. The summed E-state index contributed by atoms with van der Waals surface area (Å²) < 4.78 is 18.6. The van der Waals surface area contributed by atoms with E-state index in [0.717, 1.165) is 11.0 Å². The fraction of sp³-hybridized carbons (Fsp3) is 0.0667. The third kappa shape index (κ3) is 1.92. The summed E-state index contributed by atoms with van der Waals surface area (Å²) in [5.41, 5.74) is 6.64. The fourth-order valence-corrected chi connectivity index (χ4v) is 2.29. The van der Waals surface area contributed by atoms with Gasteiger partial charge in [0.2, 0.25) is 0 Å². The van der Waals surface area contributed by atoms with Gasteiger partial charge in [-0.3, -0.25) is 9.59 Å². The Bertz CT molecular complexity index is 774. The average Bonchev–Trinajstić information content (AvgIpc) is 2.70. The number of nitrogens with two attached hydrogens (primary N) is 1. The van der Waals surface area contributed by atoms with Gasteiger partial charge in [0.25, 0.3) is 11.8 Å². The first-order valence-electron chi connectivity index (χ1n) is 6.15. The molecule has 2 aromatic carbocycles. The molecular weight excluding hydrogens is 275 g/mol. The molecule has 1 aliphatic rings. The molecule has 0 unspecified atom stereocenters. The molecule has 2 N–H and O–H groups in total. The quantitative estimate of drug-likeness (QED) is 0.678. The van der Waals surface area contributed by atoms with Crippen LogP contribution in [-0.2, 0) is 0 Å². The minimum Gasteiger partial charge on any atom is -0.494 e. The molecule has 0 aromatic heterocycles. The number of halogens is 1. The molecule has 6 heteroatoms. The normalized spacial score (nSPS) is 13.5. The van der Waals surface area contributed by atoms with Crippen LogP contribution in [0.2, 0.25) is 0 Å². The lowest BCUT2D eigenvalue weighted by Gasteiger charge is -2.14. The van der Waals surface area contributed by atoms with Gasteiger partial charge >= 0.3 is 0 Å². The van der Waals surface area contributed by atoms with E-state index in [2.05, 4.69) is 0 Å². The summed E-state index contributed by atoms with van der Waals surface area (Å²) in [7, 11) is 1.34. The van der Waals surface area contributed by atoms with E-state index in [-0.39, 0.29) is 22.6 Å². The largest absolute Gasteiger partial charge is 0.494 e. The second-order valence-corrected chi connectivity index (χ2v) is 4.57. The predicted molar refractivity (Wildman–Crippen MR) is 74.9 cm³/mol. The van der Waals surface area contributed by atoms with Crippen LogP contribution in [0.25, 0.3) is 0 Å². The smallest absolute Gasteiger partial charge is 0.266 e. The van der Waals surface area contributed by atoms with E-state index in [1.165, 1.54) is 31.4 Å². The van der Waals surface area contributed by atoms with Crippen molar-refractivity contribution >= 4 is 23.2 Å². The monoisotopic (exact) mass is 286 g/mol. The van der Waals surface area contributed by atoms with Crippen LogP contribution < -0.4 is 15.4 Å². The second kappa shape index (κ2) is 4.59. The molecule has 21 heavy (non-hydrogen) atoms. The van der Waals surface area contributed by atoms with Gasteiger partial charge in [0, 0.05) is 11.8 Å². The average molecular weight is 286 g/mol. The first-order chi connectivity index (χ1) is 10.0. The molecule has 0 bridgehead atoms. The van der Waals surface area contributed by atoms with Crippen molar-refractivity contribution in [2.75, 3.05) is 17.7 Å². The van der Waals surface area contributed by atoms with E-state index < -0.39 is 17.6 Å². The number of ether oxygens (including phenoxy) is 1. The molecule has 5 nitrogen and oxygen atoms in total. The van der Waals surface area contributed by atoms with E-state index >= 15 is 0 Å². The number of amides is 2. The molecule has 0 spiro atoms. The number of carbonyl (C=O) groups excluding carboxylic acids is 2. The van der Waals surface area contributed by atoms with Gasteiger partial charge in [0.05, 0.1) is 23.9 Å². The number of nitrogen functional groups attached to an aromatic ring is 1. The van der Waals surface area contributed by atoms with E-state index in [1.54, 1.807) is 6.07 Å². The number of hydrogen-bond donors (Lipinski definition) is 1. The number of anilines is 2. The highest BCUT2D eigenvalue weighted by molar-refractivity contribution is 6.34. The predicted octanol–water partition coefficient (Wildman–Crippen LogP) is 2.22. The molecule has 0 radical (unpaired) electrons. The van der Waals surface area contributed by atoms with Gasteiger partial charge < -0.3 is 10.5 Å². The lowest BCUT2D eigenvalue weighted by Crippen LogP contribution is -2.29. The van der Waals surface area contributed by atoms with Gasteiger partial charge in [0.15, 0.2) is 11.6 Å². The van der Waals surface area contributed by atoms with Crippen molar-refractivity contribution in [2.45, 2.75) is 0 Å². The summed E-state index contributed by atoms with van der Waals surface area (Å²) in [4.78, 5) is 25.5. The maximum Gasteiger partial charge on any atom is 0.266 e. The molecular formula is C15H11FN2O3. The topological polar surface area (TPSA) is 72.6 Å². The van der Waals surface area contributed by atoms with E-state index in [1.807, 2.05) is 0 Å². The number of fused-ring (bicyclic) bond motifs is 1. The molecule has 1 aliphatic heterocycles. The summed E-state index contributed by atoms with van der Waals surface area (Å²) in [6, 6.07) is 8.38. The SMILES string of the molecule is COc1ccc(N2C(=O)c3ccc(N)cc3C2=O)cc1F. The Labute approximate surface area is 119 Å². The van der Waals surface area contributed by atoms with Gasteiger partial charge in [-0.1, -0.05) is 0 Å². The molecule has 2 amide bonds. The lowest BCUT2D eigenvalue weighted by atomic mass is 10.1. The fourth-order valence-electron chi connectivity index (χ4n) is 2.29. The Hall–Kier alpha value is -2.89. The van der Waals surface area contributed by atoms with Gasteiger partial charge in [0.1, 0.15) is 0 Å². The summed E-state index contributed by atoms with van der Waals surface area (Å²) in [6.45, 7) is 0. The Morgan fingerprint density at radius 3 is 2.43 bits per heavy atom. The molecule has 0 aliphatic carbocycles. The molecule has 0 saturated heterocycles.